The van der Waals surface area contributed by atoms with Crippen molar-refractivity contribution in [3.63, 3.8) is 0 Å². The molecule has 0 fully saturated rings. The predicted octanol–water partition coefficient (Wildman–Crippen LogP) is 8.75. The minimum absolute atomic E-state index is 0.0402. The van der Waals surface area contributed by atoms with Gasteiger partial charge in [0, 0.05) is 17.3 Å². The molecule has 2 amide bonds. The Morgan fingerprint density at radius 3 is 2.31 bits per heavy atom. The van der Waals surface area contributed by atoms with E-state index >= 15 is 0 Å². The Morgan fingerprint density at radius 1 is 1.00 bits per heavy atom. The molecule has 0 atom stereocenters. The van der Waals surface area contributed by atoms with Crippen LogP contribution in [0.25, 0.3) is 17.2 Å². The highest BCUT2D eigenvalue weighted by Crippen LogP contribution is 2.37. The highest BCUT2D eigenvalue weighted by atomic mass is 19.3. The first-order valence-electron chi connectivity index (χ1n) is 12.4. The number of carboxylic acids is 1. The summed E-state index contributed by atoms with van der Waals surface area (Å²) in [5.41, 5.74) is 2.04. The van der Waals surface area contributed by atoms with Gasteiger partial charge in [0.25, 0.3) is 6.08 Å². The molecule has 39 heavy (non-hydrogen) atoms. The zero-order chi connectivity index (χ0) is 28.9. The Bertz CT molecular complexity index is 1350. The van der Waals surface area contributed by atoms with Gasteiger partial charge in [-0.05, 0) is 66.9 Å². The van der Waals surface area contributed by atoms with Gasteiger partial charge in [-0.25, -0.2) is 14.0 Å². The van der Waals surface area contributed by atoms with Gasteiger partial charge in [-0.3, -0.25) is 0 Å². The van der Waals surface area contributed by atoms with E-state index in [1.165, 1.54) is 18.2 Å². The summed E-state index contributed by atoms with van der Waals surface area (Å²) in [5, 5.41) is 15.0. The van der Waals surface area contributed by atoms with Crippen molar-refractivity contribution in [2.24, 2.45) is 0 Å². The lowest BCUT2D eigenvalue weighted by Crippen LogP contribution is -2.20. The van der Waals surface area contributed by atoms with E-state index in [1.807, 2.05) is 39.8 Å². The topological polar surface area (TPSA) is 87.7 Å². The zero-order valence-electron chi connectivity index (χ0n) is 22.1. The Balaban J connectivity index is 0.00000260. The number of anilines is 2. The summed E-state index contributed by atoms with van der Waals surface area (Å²) in [6.07, 6.45) is 1.70. The maximum Gasteiger partial charge on any atom is 0.336 e. The van der Waals surface area contributed by atoms with Crippen LogP contribution in [-0.4, -0.2) is 23.7 Å². The summed E-state index contributed by atoms with van der Waals surface area (Å²) >= 11 is 0. The van der Waals surface area contributed by atoms with Crippen molar-refractivity contribution in [3.8, 4) is 16.9 Å². The van der Waals surface area contributed by atoms with E-state index < -0.39 is 23.9 Å². The first-order valence-corrected chi connectivity index (χ1v) is 12.4. The largest absolute Gasteiger partial charge is 0.491 e. The third kappa shape index (κ3) is 9.07. The number of urea groups is 1. The number of carbonyl (C=O) groups is 2. The molecule has 3 N–H and O–H groups in total. The van der Waals surface area contributed by atoms with Gasteiger partial charge < -0.3 is 20.5 Å². The van der Waals surface area contributed by atoms with Crippen LogP contribution in [0, 0.1) is 12.7 Å². The van der Waals surface area contributed by atoms with E-state index in [0.717, 1.165) is 29.8 Å². The summed E-state index contributed by atoms with van der Waals surface area (Å²) < 4.78 is 45.3. The van der Waals surface area contributed by atoms with Crippen molar-refractivity contribution in [2.45, 2.75) is 34.1 Å². The number of allylic oxidation sites excluding steroid dienone is 2. The van der Waals surface area contributed by atoms with Crippen molar-refractivity contribution in [3.05, 3.63) is 95.3 Å². The Labute approximate surface area is 225 Å². The van der Waals surface area contributed by atoms with E-state index in [-0.39, 0.29) is 40.3 Å². The lowest BCUT2D eigenvalue weighted by Gasteiger charge is -2.18. The molecule has 0 saturated heterocycles. The number of hydrogen-bond acceptors (Lipinski definition) is 3. The van der Waals surface area contributed by atoms with Crippen LogP contribution < -0.4 is 15.4 Å². The molecule has 0 saturated carbocycles. The molecule has 3 aromatic rings. The number of aryl methyl sites for hydroxylation is 1. The van der Waals surface area contributed by atoms with E-state index in [1.54, 1.807) is 12.1 Å². The summed E-state index contributed by atoms with van der Waals surface area (Å²) in [4.78, 5) is 24.6. The number of halogens is 3. The third-order valence-corrected chi connectivity index (χ3v) is 5.15. The van der Waals surface area contributed by atoms with E-state index in [2.05, 4.69) is 10.6 Å². The Kier molecular flexibility index (Phi) is 11.8. The van der Waals surface area contributed by atoms with Gasteiger partial charge in [-0.2, -0.15) is 8.78 Å². The van der Waals surface area contributed by atoms with Crippen LogP contribution in [0.2, 0.25) is 0 Å². The molecule has 206 valence electrons. The lowest BCUT2D eigenvalue weighted by molar-refractivity contribution is 0.0697. The Hall–Kier alpha value is -4.53. The number of rotatable bonds is 9. The number of benzene rings is 3. The minimum atomic E-state index is -1.92. The highest BCUT2D eigenvalue weighted by molar-refractivity contribution is 6.02. The standard InChI is InChI=1S/C28H25F3N2O4.C2H6/c1-3-13-37-26-18(5-4-6-25(30)31)14-19(23-16-20(29)9-12-22(23)27(34)35)15-24(26)33-28(36)32-21-10-7-17(2)8-11-21;1-2/h4-12,14-16H,3,13H2,1-2H3,(H,34,35)(H2,32,33,36);1-2H3/b5-4+;. The molecular weight excluding hydrogens is 509 g/mol. The Morgan fingerprint density at radius 2 is 1.69 bits per heavy atom. The van der Waals surface area contributed by atoms with Crippen LogP contribution in [-0.2, 0) is 0 Å². The fourth-order valence-corrected chi connectivity index (χ4v) is 3.48. The average molecular weight is 541 g/mol. The van der Waals surface area contributed by atoms with E-state index in [4.69, 9.17) is 4.74 Å². The zero-order valence-corrected chi connectivity index (χ0v) is 22.1. The summed E-state index contributed by atoms with van der Waals surface area (Å²) in [7, 11) is 0. The fraction of sp³-hybridized carbons (Fsp3) is 0.200. The number of carbonyl (C=O) groups excluding carboxylic acids is 1. The molecule has 0 aromatic heterocycles. The average Bonchev–Trinajstić information content (AvgIpc) is 2.90. The number of hydrogen-bond donors (Lipinski definition) is 3. The lowest BCUT2D eigenvalue weighted by atomic mass is 9.96. The van der Waals surface area contributed by atoms with Crippen LogP contribution >= 0.6 is 0 Å². The summed E-state index contributed by atoms with van der Waals surface area (Å²) in [5.74, 6) is -1.77. The number of ether oxygens (including phenoxy) is 1. The third-order valence-electron chi connectivity index (χ3n) is 5.15. The van der Waals surface area contributed by atoms with Gasteiger partial charge in [-0.15, -0.1) is 0 Å². The minimum Gasteiger partial charge on any atom is -0.491 e. The van der Waals surface area contributed by atoms with E-state index in [0.29, 0.717) is 18.2 Å². The van der Waals surface area contributed by atoms with Crippen LogP contribution in [0.1, 0.15) is 48.7 Å². The second-order valence-corrected chi connectivity index (χ2v) is 8.05. The first-order chi connectivity index (χ1) is 18.7. The maximum absolute atomic E-state index is 14.1. The second kappa shape index (κ2) is 15.0. The van der Waals surface area contributed by atoms with Crippen molar-refractivity contribution in [2.75, 3.05) is 17.2 Å². The molecule has 0 aliphatic heterocycles. The molecule has 0 spiro atoms. The highest BCUT2D eigenvalue weighted by Gasteiger charge is 2.19. The van der Waals surface area contributed by atoms with Crippen LogP contribution in [0.5, 0.6) is 5.75 Å². The van der Waals surface area contributed by atoms with Crippen LogP contribution in [0.3, 0.4) is 0 Å². The van der Waals surface area contributed by atoms with Gasteiger partial charge in [-0.1, -0.05) is 50.6 Å². The van der Waals surface area contributed by atoms with Gasteiger partial charge in [0.05, 0.1) is 17.9 Å². The maximum atomic E-state index is 14.1. The van der Waals surface area contributed by atoms with Gasteiger partial charge in [0.2, 0.25) is 0 Å². The van der Waals surface area contributed by atoms with Crippen molar-refractivity contribution < 1.29 is 32.6 Å². The molecule has 0 aliphatic carbocycles. The second-order valence-electron chi connectivity index (χ2n) is 8.05. The van der Waals surface area contributed by atoms with Crippen molar-refractivity contribution in [1.29, 1.82) is 0 Å². The molecule has 9 heteroatoms. The summed E-state index contributed by atoms with van der Waals surface area (Å²) in [6, 6.07) is 12.6. The van der Waals surface area contributed by atoms with Crippen LogP contribution in [0.15, 0.2) is 72.8 Å². The summed E-state index contributed by atoms with van der Waals surface area (Å²) in [6.45, 7) is 8.03. The molecule has 0 heterocycles. The molecule has 0 aliphatic rings. The van der Waals surface area contributed by atoms with Crippen molar-refractivity contribution >= 4 is 29.5 Å². The molecule has 3 rings (SSSR count). The van der Waals surface area contributed by atoms with Gasteiger partial charge >= 0.3 is 12.0 Å². The number of amides is 2. The number of carboxylic acid groups (broad SMARTS) is 1. The SMILES string of the molecule is CC.CCCOc1c(/C=C/C=C(F)F)cc(-c2cc(F)ccc2C(=O)O)cc1NC(=O)Nc1ccc(C)cc1. The van der Waals surface area contributed by atoms with Gasteiger partial charge in [0.15, 0.2) is 0 Å². The monoisotopic (exact) mass is 540 g/mol. The fourth-order valence-electron chi connectivity index (χ4n) is 3.48. The molecular formula is C30H31F3N2O4. The van der Waals surface area contributed by atoms with Gasteiger partial charge in [0.1, 0.15) is 11.6 Å². The molecule has 6 nitrogen and oxygen atoms in total. The number of aromatic carboxylic acids is 1. The quantitative estimate of drug-likeness (QED) is 0.237. The van der Waals surface area contributed by atoms with Crippen molar-refractivity contribution in [1.82, 2.24) is 0 Å². The molecule has 0 bridgehead atoms. The molecule has 3 aromatic carbocycles. The normalized spacial score (nSPS) is 10.3. The van der Waals surface area contributed by atoms with E-state index in [9.17, 15) is 27.9 Å². The smallest absolute Gasteiger partial charge is 0.336 e. The molecule has 0 unspecified atom stereocenters. The first kappa shape index (κ1) is 30.7. The van der Waals surface area contributed by atoms with Crippen LogP contribution in [0.4, 0.5) is 29.3 Å². The predicted molar refractivity (Wildman–Crippen MR) is 149 cm³/mol. The number of nitrogens with one attached hydrogen (secondary N) is 2. The molecule has 0 radical (unpaired) electrons.